The van der Waals surface area contributed by atoms with Crippen LogP contribution in [-0.4, -0.2) is 24.0 Å². The molecular weight excluding hydrogens is 357 g/mol. The van der Waals surface area contributed by atoms with Crippen LogP contribution in [0.4, 0.5) is 18.9 Å². The normalized spacial score (nSPS) is 15.9. The number of cyclic esters (lactones) is 1. The number of amides is 1. The third-order valence-corrected chi connectivity index (χ3v) is 3.92. The van der Waals surface area contributed by atoms with Crippen molar-refractivity contribution in [2.45, 2.75) is 6.18 Å². The molecule has 1 amide bonds. The van der Waals surface area contributed by atoms with Crippen molar-refractivity contribution in [3.63, 3.8) is 0 Å². The number of nitrogens with one attached hydrogen (secondary N) is 1. The lowest BCUT2D eigenvalue weighted by Gasteiger charge is -2.08. The maximum atomic E-state index is 12.3. The number of hydrogen-bond acceptors (Lipinski definition) is 5. The highest BCUT2D eigenvalue weighted by Crippen LogP contribution is 2.23. The molecule has 0 bridgehead atoms. The highest BCUT2D eigenvalue weighted by atomic mass is 32.1. The second-order valence-electron chi connectivity index (χ2n) is 4.89. The molecule has 1 aliphatic heterocycles. The molecule has 1 aliphatic rings. The van der Waals surface area contributed by atoms with Crippen LogP contribution in [0.2, 0.25) is 0 Å². The van der Waals surface area contributed by atoms with Crippen molar-refractivity contribution in [1.29, 1.82) is 0 Å². The molecule has 25 heavy (non-hydrogen) atoms. The predicted molar refractivity (Wildman–Crippen MR) is 86.1 cm³/mol. The molecule has 0 fully saturated rings. The number of alkyl halides is 3. The van der Waals surface area contributed by atoms with Crippen molar-refractivity contribution in [1.82, 2.24) is 0 Å². The number of hydrogen-bond donors (Lipinski definition) is 1. The number of halogens is 3. The van der Waals surface area contributed by atoms with Gasteiger partial charge in [-0.3, -0.25) is 4.79 Å². The molecule has 0 saturated heterocycles. The van der Waals surface area contributed by atoms with E-state index in [1.165, 1.54) is 35.6 Å². The quantitative estimate of drug-likeness (QED) is 0.667. The van der Waals surface area contributed by atoms with Gasteiger partial charge in [-0.25, -0.2) is 9.79 Å². The van der Waals surface area contributed by atoms with Crippen LogP contribution in [0.15, 0.2) is 52.5 Å². The number of thiophene rings is 1. The van der Waals surface area contributed by atoms with E-state index >= 15 is 0 Å². The lowest BCUT2D eigenvalue weighted by atomic mass is 10.1. The topological polar surface area (TPSA) is 67.8 Å². The van der Waals surface area contributed by atoms with Gasteiger partial charge in [0.2, 0.25) is 5.90 Å². The molecule has 128 valence electrons. The molecule has 5 nitrogen and oxygen atoms in total. The number of benzene rings is 1. The zero-order valence-electron chi connectivity index (χ0n) is 12.3. The van der Waals surface area contributed by atoms with E-state index in [2.05, 4.69) is 4.99 Å². The molecule has 1 aromatic carbocycles. The van der Waals surface area contributed by atoms with Crippen LogP contribution >= 0.6 is 11.3 Å². The van der Waals surface area contributed by atoms with Crippen molar-refractivity contribution in [3.8, 4) is 0 Å². The Hall–Kier alpha value is -2.94. The molecule has 1 N–H and O–H groups in total. The molecule has 0 radical (unpaired) electrons. The van der Waals surface area contributed by atoms with Gasteiger partial charge in [0.05, 0.1) is 4.88 Å². The van der Waals surface area contributed by atoms with Crippen LogP contribution in [0.1, 0.15) is 10.4 Å². The Kier molecular flexibility index (Phi) is 4.41. The monoisotopic (exact) mass is 366 g/mol. The van der Waals surface area contributed by atoms with Gasteiger partial charge in [-0.15, -0.1) is 11.3 Å². The lowest BCUT2D eigenvalue weighted by molar-refractivity contribution is -0.167. The summed E-state index contributed by atoms with van der Waals surface area (Å²) in [5.74, 6) is -2.56. The molecule has 0 spiro atoms. The molecular formula is C16H9F3N2O3S. The van der Waals surface area contributed by atoms with Crippen molar-refractivity contribution in [2.75, 3.05) is 5.32 Å². The van der Waals surface area contributed by atoms with Crippen LogP contribution in [0.5, 0.6) is 0 Å². The number of anilines is 1. The van der Waals surface area contributed by atoms with Crippen LogP contribution in [0, 0.1) is 0 Å². The lowest BCUT2D eigenvalue weighted by Crippen LogP contribution is -2.29. The predicted octanol–water partition coefficient (Wildman–Crippen LogP) is 3.59. The van der Waals surface area contributed by atoms with Gasteiger partial charge in [-0.1, -0.05) is 18.2 Å². The smallest absolute Gasteiger partial charge is 0.401 e. The largest absolute Gasteiger partial charge is 0.471 e. The van der Waals surface area contributed by atoms with Gasteiger partial charge < -0.3 is 10.1 Å². The highest BCUT2D eigenvalue weighted by molar-refractivity contribution is 7.12. The van der Waals surface area contributed by atoms with Gasteiger partial charge in [0.1, 0.15) is 0 Å². The maximum Gasteiger partial charge on any atom is 0.471 e. The third-order valence-electron chi connectivity index (χ3n) is 3.06. The Morgan fingerprint density at radius 3 is 2.72 bits per heavy atom. The number of esters is 1. The average molecular weight is 366 g/mol. The van der Waals surface area contributed by atoms with E-state index in [4.69, 9.17) is 4.74 Å². The summed E-state index contributed by atoms with van der Waals surface area (Å²) >= 11 is 1.35. The van der Waals surface area contributed by atoms with E-state index in [-0.39, 0.29) is 17.3 Å². The van der Waals surface area contributed by atoms with Crippen LogP contribution in [0.3, 0.4) is 0 Å². The van der Waals surface area contributed by atoms with Gasteiger partial charge in [-0.05, 0) is 35.2 Å². The van der Waals surface area contributed by atoms with Crippen molar-refractivity contribution in [2.24, 2.45) is 4.99 Å². The van der Waals surface area contributed by atoms with Gasteiger partial charge in [0.15, 0.2) is 5.70 Å². The third kappa shape index (κ3) is 3.94. The summed E-state index contributed by atoms with van der Waals surface area (Å²) in [7, 11) is 0. The fourth-order valence-corrected chi connectivity index (χ4v) is 2.63. The number of nitrogens with zero attached hydrogens (tertiary/aromatic N) is 1. The van der Waals surface area contributed by atoms with Gasteiger partial charge >= 0.3 is 18.1 Å². The van der Waals surface area contributed by atoms with E-state index in [0.29, 0.717) is 10.4 Å². The first-order chi connectivity index (χ1) is 11.8. The molecule has 3 rings (SSSR count). The summed E-state index contributed by atoms with van der Waals surface area (Å²) in [5.41, 5.74) is 0.358. The van der Waals surface area contributed by atoms with Gasteiger partial charge in [-0.2, -0.15) is 13.2 Å². The number of ether oxygens (including phenoxy) is 1. The Bertz CT molecular complexity index is 886. The van der Waals surface area contributed by atoms with Crippen molar-refractivity contribution in [3.05, 3.63) is 57.9 Å². The first-order valence-electron chi connectivity index (χ1n) is 6.87. The molecule has 0 saturated carbocycles. The van der Waals surface area contributed by atoms with E-state index < -0.39 is 18.1 Å². The van der Waals surface area contributed by atoms with Crippen molar-refractivity contribution >= 4 is 40.9 Å². The molecule has 2 heterocycles. The summed E-state index contributed by atoms with van der Waals surface area (Å²) in [6.45, 7) is 0. The van der Waals surface area contributed by atoms with E-state index in [9.17, 15) is 22.8 Å². The summed E-state index contributed by atoms with van der Waals surface area (Å²) in [6.07, 6.45) is -3.62. The second kappa shape index (κ2) is 6.52. The minimum atomic E-state index is -4.98. The molecule has 1 aromatic heterocycles. The van der Waals surface area contributed by atoms with E-state index in [1.807, 2.05) is 0 Å². The summed E-state index contributed by atoms with van der Waals surface area (Å²) in [6, 6.07) is 9.13. The number of carbonyl (C=O) groups is 2. The number of rotatable bonds is 3. The second-order valence-corrected chi connectivity index (χ2v) is 5.84. The zero-order chi connectivity index (χ0) is 18.0. The minimum absolute atomic E-state index is 0.0164. The fraction of sp³-hybridized carbons (Fsp3) is 0.0625. The Morgan fingerprint density at radius 1 is 1.24 bits per heavy atom. The van der Waals surface area contributed by atoms with E-state index in [0.717, 1.165) is 0 Å². The van der Waals surface area contributed by atoms with Gasteiger partial charge in [0, 0.05) is 5.69 Å². The standard InChI is InChI=1S/C16H9F3N2O3S/c17-16(18,19)15(23)20-10-4-1-3-9(7-10)8-11-14(22)24-13(21-11)12-5-2-6-25-12/h1-8H,(H,20,23)/b11-8-. The first kappa shape index (κ1) is 16.9. The summed E-state index contributed by atoms with van der Waals surface area (Å²) in [5, 5.41) is 3.55. The zero-order valence-corrected chi connectivity index (χ0v) is 13.1. The minimum Gasteiger partial charge on any atom is -0.401 e. The fourth-order valence-electron chi connectivity index (χ4n) is 1.98. The first-order valence-corrected chi connectivity index (χ1v) is 7.75. The van der Waals surface area contributed by atoms with Crippen LogP contribution in [0.25, 0.3) is 6.08 Å². The summed E-state index contributed by atoms with van der Waals surface area (Å²) < 4.78 is 41.9. The Balaban J connectivity index is 1.83. The average Bonchev–Trinajstić information content (AvgIpc) is 3.17. The van der Waals surface area contributed by atoms with E-state index in [1.54, 1.807) is 28.9 Å². The Morgan fingerprint density at radius 2 is 2.04 bits per heavy atom. The molecule has 2 aromatic rings. The van der Waals surface area contributed by atoms with Gasteiger partial charge in [0.25, 0.3) is 0 Å². The molecule has 0 unspecified atom stereocenters. The molecule has 0 atom stereocenters. The summed E-state index contributed by atoms with van der Waals surface area (Å²) in [4.78, 5) is 27.6. The highest BCUT2D eigenvalue weighted by Gasteiger charge is 2.38. The SMILES string of the molecule is O=C1OC(c2cccs2)=N/C1=C\c1cccc(NC(=O)C(F)(F)F)c1. The molecule has 0 aliphatic carbocycles. The van der Waals surface area contributed by atoms with Crippen LogP contribution in [-0.2, 0) is 14.3 Å². The van der Waals surface area contributed by atoms with Crippen LogP contribution < -0.4 is 5.32 Å². The number of carbonyl (C=O) groups excluding carboxylic acids is 2. The number of aliphatic imine (C=N–C) groups is 1. The molecule has 9 heteroatoms. The Labute approximate surface area is 143 Å². The van der Waals surface area contributed by atoms with Crippen molar-refractivity contribution < 1.29 is 27.5 Å². The maximum absolute atomic E-state index is 12.3.